The summed E-state index contributed by atoms with van der Waals surface area (Å²) in [5.41, 5.74) is 4.92. The summed E-state index contributed by atoms with van der Waals surface area (Å²) in [5, 5.41) is 9.73. The lowest BCUT2D eigenvalue weighted by molar-refractivity contribution is -0.00446. The Labute approximate surface area is 74.6 Å². The Morgan fingerprint density at radius 2 is 2.27 bits per heavy atom. The molecule has 1 aliphatic rings. The number of aliphatic hydroxyl groups is 1. The fourth-order valence-corrected chi connectivity index (χ4v) is 1.82. The molecule has 0 aromatic heterocycles. The van der Waals surface area contributed by atoms with E-state index in [1.54, 1.807) is 0 Å². The summed E-state index contributed by atoms with van der Waals surface area (Å²) in [6.45, 7) is 2.61. The highest BCUT2D eigenvalue weighted by atomic mass is 35.5. The highest BCUT2D eigenvalue weighted by Gasteiger charge is 2.30. The molecule has 0 aromatic carbocycles. The molecule has 0 saturated heterocycles. The molecule has 0 aromatic rings. The molecular weight excluding hydrogens is 162 g/mol. The lowest BCUT2D eigenvalue weighted by Crippen LogP contribution is -2.41. The van der Waals surface area contributed by atoms with E-state index >= 15 is 0 Å². The third-order valence-corrected chi connectivity index (χ3v) is 2.45. The van der Waals surface area contributed by atoms with E-state index in [0.29, 0.717) is 12.5 Å². The van der Waals surface area contributed by atoms with E-state index in [2.05, 4.69) is 6.92 Å². The molecule has 3 N–H and O–H groups in total. The molecule has 3 heteroatoms. The molecule has 0 heterocycles. The second-order valence-electron chi connectivity index (χ2n) is 3.63. The highest BCUT2D eigenvalue weighted by molar-refractivity contribution is 5.85. The zero-order chi connectivity index (χ0) is 7.61. The van der Waals surface area contributed by atoms with Crippen LogP contribution in [0.15, 0.2) is 0 Å². The van der Waals surface area contributed by atoms with Crippen molar-refractivity contribution in [1.29, 1.82) is 0 Å². The van der Waals surface area contributed by atoms with Gasteiger partial charge in [-0.05, 0) is 18.8 Å². The first-order valence-electron chi connectivity index (χ1n) is 4.09. The van der Waals surface area contributed by atoms with Gasteiger partial charge in [-0.15, -0.1) is 12.4 Å². The van der Waals surface area contributed by atoms with E-state index in [4.69, 9.17) is 5.73 Å². The number of hydrogen-bond acceptors (Lipinski definition) is 2. The topological polar surface area (TPSA) is 46.2 Å². The van der Waals surface area contributed by atoms with Gasteiger partial charge in [-0.3, -0.25) is 0 Å². The van der Waals surface area contributed by atoms with Gasteiger partial charge in [0.1, 0.15) is 0 Å². The fraction of sp³-hybridized carbons (Fsp3) is 1.00. The Hall–Kier alpha value is 0.210. The van der Waals surface area contributed by atoms with Crippen molar-refractivity contribution in [2.45, 2.75) is 38.2 Å². The van der Waals surface area contributed by atoms with E-state index in [9.17, 15) is 5.11 Å². The van der Waals surface area contributed by atoms with Crippen LogP contribution in [-0.4, -0.2) is 17.3 Å². The number of hydrogen-bond donors (Lipinski definition) is 2. The number of nitrogens with two attached hydrogens (primary N) is 1. The maximum absolute atomic E-state index is 9.73. The van der Waals surface area contributed by atoms with E-state index in [0.717, 1.165) is 19.3 Å². The highest BCUT2D eigenvalue weighted by Crippen LogP contribution is 2.30. The van der Waals surface area contributed by atoms with Crippen LogP contribution < -0.4 is 5.73 Å². The first-order valence-corrected chi connectivity index (χ1v) is 4.09. The average Bonchev–Trinajstić information content (AvgIpc) is 1.88. The maximum Gasteiger partial charge on any atom is 0.0772 e. The second-order valence-corrected chi connectivity index (χ2v) is 3.63. The van der Waals surface area contributed by atoms with Crippen LogP contribution in [0.2, 0.25) is 0 Å². The van der Waals surface area contributed by atoms with Gasteiger partial charge in [0, 0.05) is 6.54 Å². The van der Waals surface area contributed by atoms with Crippen LogP contribution in [0.3, 0.4) is 0 Å². The van der Waals surface area contributed by atoms with Crippen LogP contribution in [-0.2, 0) is 0 Å². The van der Waals surface area contributed by atoms with Gasteiger partial charge in [0.2, 0.25) is 0 Å². The first-order chi connectivity index (χ1) is 4.66. The molecule has 2 atom stereocenters. The Kier molecular flexibility index (Phi) is 4.37. The monoisotopic (exact) mass is 179 g/mol. The second kappa shape index (κ2) is 4.29. The predicted molar refractivity (Wildman–Crippen MR) is 48.9 cm³/mol. The van der Waals surface area contributed by atoms with Crippen LogP contribution in [0.1, 0.15) is 32.6 Å². The minimum absolute atomic E-state index is 0. The quantitative estimate of drug-likeness (QED) is 0.638. The van der Waals surface area contributed by atoms with Gasteiger partial charge in [0.05, 0.1) is 5.60 Å². The molecule has 1 saturated carbocycles. The van der Waals surface area contributed by atoms with Gasteiger partial charge in [-0.2, -0.15) is 0 Å². The van der Waals surface area contributed by atoms with Crippen molar-refractivity contribution >= 4 is 12.4 Å². The van der Waals surface area contributed by atoms with Gasteiger partial charge in [-0.25, -0.2) is 0 Å². The molecular formula is C8H18ClNO. The lowest BCUT2D eigenvalue weighted by Gasteiger charge is -2.34. The van der Waals surface area contributed by atoms with Crippen molar-refractivity contribution in [2.24, 2.45) is 11.7 Å². The zero-order valence-electron chi connectivity index (χ0n) is 7.05. The van der Waals surface area contributed by atoms with Crippen molar-refractivity contribution in [3.05, 3.63) is 0 Å². The average molecular weight is 180 g/mol. The van der Waals surface area contributed by atoms with E-state index < -0.39 is 5.60 Å². The third-order valence-electron chi connectivity index (χ3n) is 2.45. The van der Waals surface area contributed by atoms with Crippen molar-refractivity contribution in [2.75, 3.05) is 6.54 Å². The van der Waals surface area contributed by atoms with Gasteiger partial charge in [0.15, 0.2) is 0 Å². The number of halogens is 1. The standard InChI is InChI=1S/C8H17NO.ClH/c1-7-3-2-4-8(10,5-7)6-9;/h7,10H,2-6,9H2,1H3;1H/t7-,8+;/m1./s1. The number of rotatable bonds is 1. The van der Waals surface area contributed by atoms with Crippen molar-refractivity contribution in [3.63, 3.8) is 0 Å². The van der Waals surface area contributed by atoms with Crippen LogP contribution in [0, 0.1) is 5.92 Å². The molecule has 68 valence electrons. The lowest BCUT2D eigenvalue weighted by atomic mass is 9.79. The van der Waals surface area contributed by atoms with Gasteiger partial charge < -0.3 is 10.8 Å². The van der Waals surface area contributed by atoms with Gasteiger partial charge >= 0.3 is 0 Å². The maximum atomic E-state index is 9.73. The van der Waals surface area contributed by atoms with Crippen molar-refractivity contribution in [1.82, 2.24) is 0 Å². The van der Waals surface area contributed by atoms with E-state index in [1.165, 1.54) is 6.42 Å². The summed E-state index contributed by atoms with van der Waals surface area (Å²) >= 11 is 0. The van der Waals surface area contributed by atoms with Crippen LogP contribution in [0.25, 0.3) is 0 Å². The first kappa shape index (κ1) is 11.2. The zero-order valence-corrected chi connectivity index (χ0v) is 7.86. The summed E-state index contributed by atoms with van der Waals surface area (Å²) in [4.78, 5) is 0. The SMILES string of the molecule is C[C@@H]1CCC[C@@](O)(CN)C1.Cl. The molecule has 1 rings (SSSR count). The molecule has 0 amide bonds. The minimum Gasteiger partial charge on any atom is -0.389 e. The van der Waals surface area contributed by atoms with Gasteiger partial charge in [-0.1, -0.05) is 19.8 Å². The summed E-state index contributed by atoms with van der Waals surface area (Å²) in [6.07, 6.45) is 4.18. The smallest absolute Gasteiger partial charge is 0.0772 e. The normalized spacial score (nSPS) is 37.9. The summed E-state index contributed by atoms with van der Waals surface area (Å²) in [5.74, 6) is 0.655. The third kappa shape index (κ3) is 2.97. The molecule has 2 nitrogen and oxygen atoms in total. The van der Waals surface area contributed by atoms with E-state index in [1.807, 2.05) is 0 Å². The summed E-state index contributed by atoms with van der Waals surface area (Å²) in [7, 11) is 0. The molecule has 1 fully saturated rings. The Bertz CT molecular complexity index is 121. The van der Waals surface area contributed by atoms with Crippen molar-refractivity contribution < 1.29 is 5.11 Å². The molecule has 0 spiro atoms. The van der Waals surface area contributed by atoms with Crippen LogP contribution >= 0.6 is 12.4 Å². The predicted octanol–water partition coefficient (Wildman–Crippen LogP) is 1.31. The molecule has 0 unspecified atom stereocenters. The summed E-state index contributed by atoms with van der Waals surface area (Å²) < 4.78 is 0. The summed E-state index contributed by atoms with van der Waals surface area (Å²) in [6, 6.07) is 0. The molecule has 0 radical (unpaired) electrons. The Balaban J connectivity index is 0.000001000. The largest absolute Gasteiger partial charge is 0.389 e. The van der Waals surface area contributed by atoms with Crippen molar-refractivity contribution in [3.8, 4) is 0 Å². The van der Waals surface area contributed by atoms with Crippen LogP contribution in [0.4, 0.5) is 0 Å². The van der Waals surface area contributed by atoms with E-state index in [-0.39, 0.29) is 12.4 Å². The molecule has 0 aliphatic heterocycles. The molecule has 1 aliphatic carbocycles. The molecule has 0 bridgehead atoms. The fourth-order valence-electron chi connectivity index (χ4n) is 1.82. The van der Waals surface area contributed by atoms with Gasteiger partial charge in [0.25, 0.3) is 0 Å². The Morgan fingerprint density at radius 1 is 1.64 bits per heavy atom. The van der Waals surface area contributed by atoms with Crippen LogP contribution in [0.5, 0.6) is 0 Å². The molecule has 11 heavy (non-hydrogen) atoms. The minimum atomic E-state index is -0.530. The Morgan fingerprint density at radius 3 is 2.64 bits per heavy atom.